The predicted octanol–water partition coefficient (Wildman–Crippen LogP) is 4.46. The fourth-order valence-electron chi connectivity index (χ4n) is 4.44. The molecular weight excluding hydrogens is 364 g/mol. The van der Waals surface area contributed by atoms with Gasteiger partial charge in [0.05, 0.1) is 13.7 Å². The Bertz CT molecular complexity index is 656. The first kappa shape index (κ1) is 21.9. The van der Waals surface area contributed by atoms with Crippen LogP contribution in [0, 0.1) is 11.8 Å². The zero-order chi connectivity index (χ0) is 20.6. The molecule has 0 aliphatic carbocycles. The number of hydrogen-bond donors (Lipinski definition) is 0. The normalized spacial score (nSPS) is 21.2. The summed E-state index contributed by atoms with van der Waals surface area (Å²) in [6.45, 7) is 10.4. The molecule has 3 rings (SSSR count). The minimum atomic E-state index is 0.111. The van der Waals surface area contributed by atoms with Crippen LogP contribution in [0.4, 0.5) is 0 Å². The third-order valence-electron chi connectivity index (χ3n) is 6.36. The molecule has 0 N–H and O–H groups in total. The first-order chi connectivity index (χ1) is 14.1. The zero-order valence-corrected chi connectivity index (χ0v) is 18.5. The number of nitrogens with zero attached hydrogens (tertiary/aromatic N) is 2. The van der Waals surface area contributed by atoms with Gasteiger partial charge >= 0.3 is 0 Å². The van der Waals surface area contributed by atoms with Crippen LogP contribution in [0.2, 0.25) is 0 Å². The lowest BCUT2D eigenvalue weighted by Gasteiger charge is -2.38. The fraction of sp³-hybridized carbons (Fsp3) is 0.708. The topological polar surface area (TPSA) is 42.0 Å². The summed E-state index contributed by atoms with van der Waals surface area (Å²) in [5.41, 5.74) is 0.692. The molecule has 1 aromatic carbocycles. The number of carbonyl (C=O) groups is 1. The van der Waals surface area contributed by atoms with Gasteiger partial charge in [0, 0.05) is 25.2 Å². The van der Waals surface area contributed by atoms with E-state index in [1.807, 2.05) is 23.1 Å². The molecule has 5 heteroatoms. The van der Waals surface area contributed by atoms with Crippen molar-refractivity contribution in [2.75, 3.05) is 46.4 Å². The van der Waals surface area contributed by atoms with E-state index in [1.165, 1.54) is 32.4 Å². The van der Waals surface area contributed by atoms with Crippen molar-refractivity contribution in [1.29, 1.82) is 0 Å². The molecule has 1 atom stereocenters. The van der Waals surface area contributed by atoms with E-state index in [4.69, 9.17) is 9.47 Å². The number of ether oxygens (including phenoxy) is 2. The molecule has 2 fully saturated rings. The predicted molar refractivity (Wildman–Crippen MR) is 117 cm³/mol. The van der Waals surface area contributed by atoms with Gasteiger partial charge in [0.2, 0.25) is 0 Å². The highest BCUT2D eigenvalue weighted by molar-refractivity contribution is 5.95. The Morgan fingerprint density at radius 3 is 2.66 bits per heavy atom. The number of benzene rings is 1. The van der Waals surface area contributed by atoms with Crippen molar-refractivity contribution >= 4 is 5.91 Å². The summed E-state index contributed by atoms with van der Waals surface area (Å²) in [6.07, 6.45) is 7.03. The van der Waals surface area contributed by atoms with Crippen LogP contribution in [-0.2, 0) is 0 Å². The summed E-state index contributed by atoms with van der Waals surface area (Å²) in [6, 6.07) is 5.58. The summed E-state index contributed by atoms with van der Waals surface area (Å²) in [5, 5.41) is 0. The Hall–Kier alpha value is -1.75. The van der Waals surface area contributed by atoms with E-state index in [0.717, 1.165) is 44.8 Å². The van der Waals surface area contributed by atoms with Crippen molar-refractivity contribution in [3.05, 3.63) is 23.8 Å². The summed E-state index contributed by atoms with van der Waals surface area (Å²) < 4.78 is 11.3. The van der Waals surface area contributed by atoms with Crippen molar-refractivity contribution in [3.63, 3.8) is 0 Å². The molecule has 0 bridgehead atoms. The van der Waals surface area contributed by atoms with Crippen molar-refractivity contribution in [2.24, 2.45) is 11.8 Å². The van der Waals surface area contributed by atoms with Gasteiger partial charge in [-0.05, 0) is 75.2 Å². The number of hydrogen-bond acceptors (Lipinski definition) is 4. The van der Waals surface area contributed by atoms with E-state index in [2.05, 4.69) is 18.7 Å². The third kappa shape index (κ3) is 6.11. The largest absolute Gasteiger partial charge is 0.493 e. The van der Waals surface area contributed by atoms with Crippen LogP contribution in [0.25, 0.3) is 0 Å². The van der Waals surface area contributed by atoms with Gasteiger partial charge in [-0.3, -0.25) is 4.79 Å². The third-order valence-corrected chi connectivity index (χ3v) is 6.36. The van der Waals surface area contributed by atoms with E-state index >= 15 is 0 Å². The van der Waals surface area contributed by atoms with Crippen LogP contribution in [0.15, 0.2) is 18.2 Å². The number of carbonyl (C=O) groups excluding carboxylic acids is 1. The molecule has 2 heterocycles. The lowest BCUT2D eigenvalue weighted by atomic mass is 9.94. The average Bonchev–Trinajstić information content (AvgIpc) is 2.75. The zero-order valence-electron chi connectivity index (χ0n) is 18.5. The molecule has 162 valence electrons. The number of piperidine rings is 2. The minimum Gasteiger partial charge on any atom is -0.493 e. The average molecular weight is 403 g/mol. The molecular formula is C24H38N2O3. The molecule has 2 aliphatic heterocycles. The van der Waals surface area contributed by atoms with E-state index in [-0.39, 0.29) is 5.91 Å². The van der Waals surface area contributed by atoms with E-state index in [1.54, 1.807) is 7.11 Å². The van der Waals surface area contributed by atoms with E-state index < -0.39 is 0 Å². The van der Waals surface area contributed by atoms with Crippen LogP contribution in [0.1, 0.15) is 62.7 Å². The highest BCUT2D eigenvalue weighted by atomic mass is 16.5. The highest BCUT2D eigenvalue weighted by Crippen LogP contribution is 2.30. The maximum Gasteiger partial charge on any atom is 0.254 e. The van der Waals surface area contributed by atoms with Crippen LogP contribution >= 0.6 is 0 Å². The maximum atomic E-state index is 13.1. The first-order valence-electron chi connectivity index (χ1n) is 11.4. The number of methoxy groups -OCH3 is 1. The second-order valence-electron chi connectivity index (χ2n) is 8.81. The number of rotatable bonds is 8. The number of amides is 1. The molecule has 1 unspecified atom stereocenters. The fourth-order valence-corrected chi connectivity index (χ4v) is 4.44. The monoisotopic (exact) mass is 402 g/mol. The molecule has 5 nitrogen and oxygen atoms in total. The van der Waals surface area contributed by atoms with Crippen molar-refractivity contribution in [2.45, 2.75) is 52.4 Å². The molecule has 0 radical (unpaired) electrons. The Labute approximate surface area is 176 Å². The molecule has 0 aromatic heterocycles. The van der Waals surface area contributed by atoms with Crippen molar-refractivity contribution in [3.8, 4) is 11.5 Å². The highest BCUT2D eigenvalue weighted by Gasteiger charge is 2.27. The van der Waals surface area contributed by atoms with Crippen LogP contribution < -0.4 is 9.47 Å². The van der Waals surface area contributed by atoms with Crippen molar-refractivity contribution in [1.82, 2.24) is 9.80 Å². The van der Waals surface area contributed by atoms with Gasteiger partial charge in [0.1, 0.15) is 0 Å². The lowest BCUT2D eigenvalue weighted by molar-refractivity contribution is 0.0622. The molecule has 1 aromatic rings. The van der Waals surface area contributed by atoms with Gasteiger partial charge in [-0.2, -0.15) is 0 Å². The van der Waals surface area contributed by atoms with Gasteiger partial charge in [-0.1, -0.05) is 20.3 Å². The van der Waals surface area contributed by atoms with Gasteiger partial charge in [-0.15, -0.1) is 0 Å². The van der Waals surface area contributed by atoms with Gasteiger partial charge < -0.3 is 19.3 Å². The van der Waals surface area contributed by atoms with Crippen LogP contribution in [0.5, 0.6) is 11.5 Å². The lowest BCUT2D eigenvalue weighted by Crippen LogP contribution is -2.45. The molecule has 2 aliphatic rings. The molecule has 2 saturated heterocycles. The second kappa shape index (κ2) is 10.9. The second-order valence-corrected chi connectivity index (χ2v) is 8.81. The smallest absolute Gasteiger partial charge is 0.254 e. The Balaban J connectivity index is 1.58. The standard InChI is InChI=1S/C24H38N2O3/c1-4-5-15-29-22-9-8-21(16-23(22)28-3)24(27)26-12-6-7-20(18-26)17-25-13-10-19(2)11-14-25/h8-9,16,19-20H,4-7,10-15,17-18H2,1-3H3. The van der Waals surface area contributed by atoms with Crippen LogP contribution in [-0.4, -0.2) is 62.1 Å². The Morgan fingerprint density at radius 2 is 1.93 bits per heavy atom. The van der Waals surface area contributed by atoms with Gasteiger partial charge in [0.15, 0.2) is 11.5 Å². The number of unbranched alkanes of at least 4 members (excludes halogenated alkanes) is 1. The Kier molecular flexibility index (Phi) is 8.22. The van der Waals surface area contributed by atoms with Gasteiger partial charge in [0.25, 0.3) is 5.91 Å². The summed E-state index contributed by atoms with van der Waals surface area (Å²) >= 11 is 0. The van der Waals surface area contributed by atoms with E-state index in [9.17, 15) is 4.79 Å². The molecule has 29 heavy (non-hydrogen) atoms. The quantitative estimate of drug-likeness (QED) is 0.602. The van der Waals surface area contributed by atoms with Gasteiger partial charge in [-0.25, -0.2) is 0 Å². The molecule has 0 spiro atoms. The van der Waals surface area contributed by atoms with E-state index in [0.29, 0.717) is 29.6 Å². The summed E-state index contributed by atoms with van der Waals surface area (Å²) in [4.78, 5) is 17.8. The molecule has 0 saturated carbocycles. The SMILES string of the molecule is CCCCOc1ccc(C(=O)N2CCCC(CN3CCC(C)CC3)C2)cc1OC. The first-order valence-corrected chi connectivity index (χ1v) is 11.4. The summed E-state index contributed by atoms with van der Waals surface area (Å²) in [5.74, 6) is 2.91. The maximum absolute atomic E-state index is 13.1. The van der Waals surface area contributed by atoms with Crippen LogP contribution in [0.3, 0.4) is 0 Å². The minimum absolute atomic E-state index is 0.111. The summed E-state index contributed by atoms with van der Waals surface area (Å²) in [7, 11) is 1.63. The van der Waals surface area contributed by atoms with Crippen molar-refractivity contribution < 1.29 is 14.3 Å². The number of likely N-dealkylation sites (tertiary alicyclic amines) is 2. The Morgan fingerprint density at radius 1 is 1.14 bits per heavy atom. The molecule has 1 amide bonds.